The summed E-state index contributed by atoms with van der Waals surface area (Å²) in [5.41, 5.74) is -0.508. The van der Waals surface area contributed by atoms with E-state index in [-0.39, 0.29) is 17.4 Å². The van der Waals surface area contributed by atoms with Crippen molar-refractivity contribution in [2.24, 2.45) is 10.8 Å². The molecule has 0 spiro atoms. The molecule has 2 rings (SSSR count). The third-order valence-corrected chi connectivity index (χ3v) is 4.42. The quantitative estimate of drug-likeness (QED) is 0.747. The van der Waals surface area contributed by atoms with Crippen molar-refractivity contribution in [3.63, 3.8) is 0 Å². The first-order chi connectivity index (χ1) is 8.00. The molecule has 1 atom stereocenters. The lowest BCUT2D eigenvalue weighted by molar-refractivity contribution is -0.129. The molecule has 2 saturated carbocycles. The predicted octanol–water partition coefficient (Wildman–Crippen LogP) is 2.77. The van der Waals surface area contributed by atoms with Gasteiger partial charge >= 0.3 is 0 Å². The summed E-state index contributed by atoms with van der Waals surface area (Å²) in [4.78, 5) is 12.3. The summed E-state index contributed by atoms with van der Waals surface area (Å²) in [6, 6.07) is 2.59. The highest BCUT2D eigenvalue weighted by Crippen LogP contribution is 2.45. The van der Waals surface area contributed by atoms with E-state index in [1.807, 2.05) is 0 Å². The summed E-state index contributed by atoms with van der Waals surface area (Å²) in [6.45, 7) is 4.31. The van der Waals surface area contributed by atoms with Crippen LogP contribution >= 0.6 is 0 Å². The van der Waals surface area contributed by atoms with Crippen molar-refractivity contribution in [1.82, 2.24) is 5.32 Å². The van der Waals surface area contributed by atoms with Crippen molar-refractivity contribution >= 4 is 5.91 Å². The van der Waals surface area contributed by atoms with Crippen molar-refractivity contribution in [3.8, 4) is 6.07 Å². The summed E-state index contributed by atoms with van der Waals surface area (Å²) in [5.74, 6) is -0.0162. The van der Waals surface area contributed by atoms with Crippen LogP contribution in [0.1, 0.15) is 58.8 Å². The van der Waals surface area contributed by atoms with E-state index >= 15 is 0 Å². The molecule has 0 radical (unpaired) electrons. The molecule has 1 amide bonds. The van der Waals surface area contributed by atoms with Gasteiger partial charge in [-0.25, -0.2) is 0 Å². The van der Waals surface area contributed by atoms with Gasteiger partial charge in [0.15, 0.2) is 0 Å². The number of carbonyl (C=O) groups excluding carboxylic acids is 1. The van der Waals surface area contributed by atoms with Gasteiger partial charge in [0.05, 0.1) is 6.07 Å². The first-order valence-corrected chi connectivity index (χ1v) is 6.72. The second-order valence-electron chi connectivity index (χ2n) is 6.33. The Labute approximate surface area is 104 Å². The predicted molar refractivity (Wildman–Crippen MR) is 66.1 cm³/mol. The number of carbonyl (C=O) groups is 1. The zero-order valence-electron chi connectivity index (χ0n) is 10.9. The molecule has 1 N–H and O–H groups in total. The van der Waals surface area contributed by atoms with E-state index in [1.165, 1.54) is 0 Å². The topological polar surface area (TPSA) is 52.9 Å². The third kappa shape index (κ3) is 2.46. The minimum absolute atomic E-state index is 0.0162. The van der Waals surface area contributed by atoms with Crippen molar-refractivity contribution in [2.75, 3.05) is 0 Å². The first-order valence-electron chi connectivity index (χ1n) is 6.72. The molecule has 2 aliphatic rings. The number of nitrogens with zero attached hydrogens (tertiary/aromatic N) is 1. The second kappa shape index (κ2) is 4.33. The van der Waals surface area contributed by atoms with Crippen molar-refractivity contribution in [2.45, 2.75) is 64.8 Å². The van der Waals surface area contributed by atoms with Crippen LogP contribution in [0.3, 0.4) is 0 Å². The van der Waals surface area contributed by atoms with Gasteiger partial charge < -0.3 is 5.32 Å². The van der Waals surface area contributed by atoms with Crippen LogP contribution in [-0.2, 0) is 4.79 Å². The van der Waals surface area contributed by atoms with E-state index in [9.17, 15) is 10.1 Å². The molecule has 0 aliphatic heterocycles. The minimum Gasteiger partial charge on any atom is -0.351 e. The Balaban J connectivity index is 2.02. The van der Waals surface area contributed by atoms with Crippen LogP contribution in [-0.4, -0.2) is 11.9 Å². The number of rotatable bonds is 2. The van der Waals surface area contributed by atoms with Crippen LogP contribution in [0.25, 0.3) is 0 Å². The molecule has 0 aromatic heterocycles. The highest BCUT2D eigenvalue weighted by atomic mass is 16.2. The molecule has 0 aromatic rings. The lowest BCUT2D eigenvalue weighted by Crippen LogP contribution is -2.42. The van der Waals surface area contributed by atoms with Crippen molar-refractivity contribution in [1.29, 1.82) is 5.26 Å². The summed E-state index contributed by atoms with van der Waals surface area (Å²) >= 11 is 0. The maximum Gasteiger partial charge on any atom is 0.240 e. The van der Waals surface area contributed by atoms with Crippen molar-refractivity contribution < 1.29 is 4.79 Å². The van der Waals surface area contributed by atoms with Gasteiger partial charge in [-0.2, -0.15) is 5.26 Å². The van der Waals surface area contributed by atoms with Gasteiger partial charge in [0.25, 0.3) is 0 Å². The van der Waals surface area contributed by atoms with Gasteiger partial charge in [-0.3, -0.25) is 4.79 Å². The Morgan fingerprint density at radius 3 is 2.18 bits per heavy atom. The molecule has 2 aliphatic carbocycles. The highest BCUT2D eigenvalue weighted by molar-refractivity contribution is 5.86. The fourth-order valence-electron chi connectivity index (χ4n) is 2.73. The summed E-state index contributed by atoms with van der Waals surface area (Å²) < 4.78 is 0. The van der Waals surface area contributed by atoms with E-state index in [2.05, 4.69) is 25.2 Å². The molecular formula is C14H22N2O. The Kier molecular flexibility index (Phi) is 3.16. The van der Waals surface area contributed by atoms with E-state index in [0.717, 1.165) is 44.9 Å². The van der Waals surface area contributed by atoms with Gasteiger partial charge in [0, 0.05) is 6.04 Å². The zero-order chi connectivity index (χ0) is 12.5. The molecule has 94 valence electrons. The first kappa shape index (κ1) is 12.4. The molecular weight excluding hydrogens is 212 g/mol. The molecule has 2 fully saturated rings. The third-order valence-electron chi connectivity index (χ3n) is 4.42. The highest BCUT2D eigenvalue weighted by Gasteiger charge is 2.49. The smallest absolute Gasteiger partial charge is 0.240 e. The molecule has 17 heavy (non-hydrogen) atoms. The Hall–Kier alpha value is -1.04. The van der Waals surface area contributed by atoms with Gasteiger partial charge in [-0.1, -0.05) is 39.5 Å². The van der Waals surface area contributed by atoms with Crippen LogP contribution in [0.5, 0.6) is 0 Å². The van der Waals surface area contributed by atoms with Crippen LogP contribution in [0.15, 0.2) is 0 Å². The SMILES string of the molecule is CC1(C)CC1NC(=O)C1(C#N)CCCCCC1. The molecule has 3 heteroatoms. The van der Waals surface area contributed by atoms with Crippen LogP contribution in [0.4, 0.5) is 0 Å². The van der Waals surface area contributed by atoms with Crippen LogP contribution < -0.4 is 5.32 Å². The van der Waals surface area contributed by atoms with E-state index in [0.29, 0.717) is 0 Å². The molecule has 0 bridgehead atoms. The average molecular weight is 234 g/mol. The van der Waals surface area contributed by atoms with E-state index in [1.54, 1.807) is 0 Å². The maximum absolute atomic E-state index is 12.3. The fraction of sp³-hybridized carbons (Fsp3) is 0.857. The fourth-order valence-corrected chi connectivity index (χ4v) is 2.73. The molecule has 0 aromatic carbocycles. The number of nitriles is 1. The second-order valence-corrected chi connectivity index (χ2v) is 6.33. The summed E-state index contributed by atoms with van der Waals surface area (Å²) in [5, 5.41) is 12.5. The number of amides is 1. The zero-order valence-corrected chi connectivity index (χ0v) is 10.9. The summed E-state index contributed by atoms with van der Waals surface area (Å²) in [7, 11) is 0. The number of hydrogen-bond donors (Lipinski definition) is 1. The maximum atomic E-state index is 12.3. The molecule has 3 nitrogen and oxygen atoms in total. The normalized spacial score (nSPS) is 29.8. The van der Waals surface area contributed by atoms with Gasteiger partial charge in [0.1, 0.15) is 5.41 Å². The largest absolute Gasteiger partial charge is 0.351 e. The Morgan fingerprint density at radius 1 is 1.24 bits per heavy atom. The van der Waals surface area contributed by atoms with Gasteiger partial charge in [-0.05, 0) is 24.7 Å². The Bertz CT molecular complexity index is 346. The van der Waals surface area contributed by atoms with E-state index in [4.69, 9.17) is 0 Å². The number of nitrogens with one attached hydrogen (secondary N) is 1. The van der Waals surface area contributed by atoms with Gasteiger partial charge in [0.2, 0.25) is 5.91 Å². The average Bonchev–Trinajstić information content (AvgIpc) is 2.95. The minimum atomic E-state index is -0.741. The van der Waals surface area contributed by atoms with Crippen LogP contribution in [0.2, 0.25) is 0 Å². The lowest BCUT2D eigenvalue weighted by atomic mass is 9.81. The molecule has 0 saturated heterocycles. The molecule has 0 heterocycles. The monoisotopic (exact) mass is 234 g/mol. The van der Waals surface area contributed by atoms with Crippen LogP contribution in [0, 0.1) is 22.2 Å². The molecule has 1 unspecified atom stereocenters. The Morgan fingerprint density at radius 2 is 1.76 bits per heavy atom. The van der Waals surface area contributed by atoms with E-state index < -0.39 is 5.41 Å². The number of hydrogen-bond acceptors (Lipinski definition) is 2. The standard InChI is InChI=1S/C14H22N2O/c1-13(2)9-11(13)16-12(17)14(10-15)7-5-3-4-6-8-14/h11H,3-9H2,1-2H3,(H,16,17). The lowest BCUT2D eigenvalue weighted by Gasteiger charge is -2.24. The van der Waals surface area contributed by atoms with Gasteiger partial charge in [-0.15, -0.1) is 0 Å². The van der Waals surface area contributed by atoms with Crippen molar-refractivity contribution in [3.05, 3.63) is 0 Å². The summed E-state index contributed by atoms with van der Waals surface area (Å²) in [6.07, 6.45) is 6.85.